The predicted octanol–water partition coefficient (Wildman–Crippen LogP) is 11.1. The van der Waals surface area contributed by atoms with Crippen molar-refractivity contribution >= 4 is 17.1 Å². The van der Waals surface area contributed by atoms with E-state index in [0.717, 1.165) is 19.5 Å². The Morgan fingerprint density at radius 1 is 0.580 bits per heavy atom. The Hall–Kier alpha value is -5.02. The fourth-order valence-corrected chi connectivity index (χ4v) is 8.06. The summed E-state index contributed by atoms with van der Waals surface area (Å²) in [5, 5.41) is 0. The predicted molar refractivity (Wildman–Crippen MR) is 207 cm³/mol. The van der Waals surface area contributed by atoms with Crippen LogP contribution in [0.5, 0.6) is 0 Å². The second kappa shape index (κ2) is 12.1. The normalized spacial score (nSPS) is 15.4. The van der Waals surface area contributed by atoms with Crippen molar-refractivity contribution in [1.29, 1.82) is 0 Å². The minimum atomic E-state index is -0.000853. The van der Waals surface area contributed by atoms with Crippen LogP contribution >= 0.6 is 0 Å². The van der Waals surface area contributed by atoms with Crippen LogP contribution in [0.3, 0.4) is 0 Å². The first-order valence-electron chi connectivity index (χ1n) is 18.2. The molecule has 2 aromatic heterocycles. The highest BCUT2D eigenvalue weighted by Crippen LogP contribution is 2.49. The highest BCUT2D eigenvalue weighted by molar-refractivity contribution is 5.87. The van der Waals surface area contributed by atoms with Gasteiger partial charge in [0.1, 0.15) is 6.54 Å². The van der Waals surface area contributed by atoms with E-state index >= 15 is 0 Å². The Morgan fingerprint density at radius 3 is 1.98 bits per heavy atom. The van der Waals surface area contributed by atoms with Crippen LogP contribution in [0, 0.1) is 6.92 Å². The van der Waals surface area contributed by atoms with Crippen molar-refractivity contribution in [2.45, 2.75) is 84.7 Å². The van der Waals surface area contributed by atoms with Gasteiger partial charge in [0, 0.05) is 42.1 Å². The molecule has 0 saturated heterocycles. The third-order valence-electron chi connectivity index (χ3n) is 11.0. The fraction of sp³-hybridized carbons (Fsp3) is 0.277. The van der Waals surface area contributed by atoms with Gasteiger partial charge in [0.25, 0.3) is 0 Å². The summed E-state index contributed by atoms with van der Waals surface area (Å²) in [6.45, 7) is 18.2. The lowest BCUT2D eigenvalue weighted by atomic mass is 9.80. The van der Waals surface area contributed by atoms with Gasteiger partial charge in [-0.3, -0.25) is 0 Å². The lowest BCUT2D eigenvalue weighted by Crippen LogP contribution is -2.44. The molecule has 0 N–H and O–H groups in total. The summed E-state index contributed by atoms with van der Waals surface area (Å²) in [6.07, 6.45) is 5.62. The van der Waals surface area contributed by atoms with Crippen LogP contribution in [0.1, 0.15) is 76.1 Å². The van der Waals surface area contributed by atoms with Gasteiger partial charge in [0.05, 0.1) is 22.7 Å². The second-order valence-electron chi connectivity index (χ2n) is 16.4. The van der Waals surface area contributed by atoms with Crippen molar-refractivity contribution < 1.29 is 9.13 Å². The molecule has 3 nitrogen and oxygen atoms in total. The Bertz CT molecular complexity index is 2200. The highest BCUT2D eigenvalue weighted by atomic mass is 15.2. The average molecular weight is 656 g/mol. The molecule has 0 aliphatic carbocycles. The van der Waals surface area contributed by atoms with Gasteiger partial charge in [0.15, 0.2) is 18.9 Å². The molecule has 250 valence electrons. The molecular weight excluding hydrogens is 607 g/mol. The van der Waals surface area contributed by atoms with Crippen LogP contribution in [0.25, 0.3) is 33.6 Å². The lowest BCUT2D eigenvalue weighted by Gasteiger charge is -2.35. The standard InChI is InChI=1S/C47H49N3/c1-32-39-17-13-20-41(32)50(38-29-36(46(2,3)4)28-37(30-38)47(5,6)7)43-21-14-18-40-44-27-34(33-15-9-8-10-16-33)22-26-49(44)31-35(45(40)43)23-25-48-24-12-11-19-42(39)48/h8-22,24,26-30,35H,23,25,31H2,1-7H3/q+2. The highest BCUT2D eigenvalue weighted by Gasteiger charge is 2.37. The van der Waals surface area contributed by atoms with Crippen molar-refractivity contribution in [2.75, 3.05) is 4.90 Å². The van der Waals surface area contributed by atoms with E-state index in [9.17, 15) is 0 Å². The number of aryl methyl sites for hydroxylation is 1. The maximum absolute atomic E-state index is 2.60. The van der Waals surface area contributed by atoms with Crippen LogP contribution in [-0.4, -0.2) is 0 Å². The number of hydrogen-bond donors (Lipinski definition) is 0. The van der Waals surface area contributed by atoms with E-state index in [1.165, 1.54) is 73.0 Å². The van der Waals surface area contributed by atoms with Gasteiger partial charge in [-0.1, -0.05) is 90.1 Å². The number of benzene rings is 4. The molecule has 50 heavy (non-hydrogen) atoms. The zero-order valence-electron chi connectivity index (χ0n) is 30.7. The summed E-state index contributed by atoms with van der Waals surface area (Å²) in [7, 11) is 0. The summed E-state index contributed by atoms with van der Waals surface area (Å²) in [5.74, 6) is 0.328. The van der Waals surface area contributed by atoms with Crippen molar-refractivity contribution in [2.24, 2.45) is 0 Å². The Kier molecular flexibility index (Phi) is 7.79. The molecule has 4 aromatic carbocycles. The van der Waals surface area contributed by atoms with Crippen molar-refractivity contribution in [3.8, 4) is 33.6 Å². The SMILES string of the molecule is Cc1c2cccc1N(c1cc(C(C)(C)C)cc(C(C)(C)C)c1)c1cccc3c1C(CC[n+]1ccccc1-2)C[n+]1ccc(-c2ccccc2)cc1-3. The van der Waals surface area contributed by atoms with E-state index < -0.39 is 0 Å². The Morgan fingerprint density at radius 2 is 1.26 bits per heavy atom. The monoisotopic (exact) mass is 655 g/mol. The molecule has 0 spiro atoms. The Balaban J connectivity index is 1.45. The lowest BCUT2D eigenvalue weighted by molar-refractivity contribution is -0.701. The van der Waals surface area contributed by atoms with Crippen LogP contribution in [-0.2, 0) is 23.9 Å². The number of rotatable bonds is 2. The number of hydrogen-bond acceptors (Lipinski definition) is 1. The minimum Gasteiger partial charge on any atom is -0.310 e. The maximum atomic E-state index is 2.60. The third kappa shape index (κ3) is 5.63. The van der Waals surface area contributed by atoms with E-state index in [-0.39, 0.29) is 10.8 Å². The summed E-state index contributed by atoms with van der Waals surface area (Å²) < 4.78 is 4.97. The number of aromatic nitrogens is 2. The van der Waals surface area contributed by atoms with Gasteiger partial charge in [0.2, 0.25) is 11.4 Å². The van der Waals surface area contributed by atoms with E-state index in [2.05, 4.69) is 190 Å². The summed E-state index contributed by atoms with van der Waals surface area (Å²) in [4.78, 5) is 2.60. The maximum Gasteiger partial charge on any atom is 0.213 e. The van der Waals surface area contributed by atoms with E-state index in [1.807, 2.05) is 0 Å². The molecule has 0 saturated carbocycles. The van der Waals surface area contributed by atoms with Crippen LogP contribution in [0.4, 0.5) is 17.1 Å². The van der Waals surface area contributed by atoms with Gasteiger partial charge in [-0.25, -0.2) is 0 Å². The van der Waals surface area contributed by atoms with Crippen molar-refractivity contribution in [3.63, 3.8) is 0 Å². The molecular formula is C47H49N3+2. The first kappa shape index (κ1) is 32.2. The topological polar surface area (TPSA) is 11.0 Å². The van der Waals surface area contributed by atoms with Gasteiger partial charge < -0.3 is 4.90 Å². The summed E-state index contributed by atoms with van der Waals surface area (Å²) in [6, 6.07) is 43.4. The number of nitrogens with zero attached hydrogens (tertiary/aromatic N) is 3. The zero-order chi connectivity index (χ0) is 34.8. The van der Waals surface area contributed by atoms with Crippen molar-refractivity contribution in [1.82, 2.24) is 0 Å². The van der Waals surface area contributed by atoms with Gasteiger partial charge in [-0.2, -0.15) is 9.13 Å². The zero-order valence-corrected chi connectivity index (χ0v) is 30.7. The van der Waals surface area contributed by atoms with Crippen LogP contribution in [0.2, 0.25) is 0 Å². The molecule has 1 unspecified atom stereocenters. The molecule has 0 amide bonds. The quantitative estimate of drug-likeness (QED) is 0.169. The number of pyridine rings is 2. The van der Waals surface area contributed by atoms with E-state index in [0.29, 0.717) is 5.92 Å². The number of anilines is 3. The molecule has 6 aromatic rings. The average Bonchev–Trinajstić information content (AvgIpc) is 3.11. The molecule has 1 atom stereocenters. The van der Waals surface area contributed by atoms with Gasteiger partial charge in [-0.15, -0.1) is 0 Å². The van der Waals surface area contributed by atoms with Gasteiger partial charge >= 0.3 is 0 Å². The smallest absolute Gasteiger partial charge is 0.213 e. The largest absolute Gasteiger partial charge is 0.310 e. The van der Waals surface area contributed by atoms with Gasteiger partial charge in [-0.05, 0) is 93.6 Å². The molecule has 4 heterocycles. The fourth-order valence-electron chi connectivity index (χ4n) is 8.06. The molecule has 0 fully saturated rings. The molecule has 8 rings (SSSR count). The Labute approximate surface area is 298 Å². The molecule has 3 heteroatoms. The third-order valence-corrected chi connectivity index (χ3v) is 11.0. The molecule has 2 aliphatic rings. The summed E-state index contributed by atoms with van der Waals surface area (Å²) >= 11 is 0. The van der Waals surface area contributed by atoms with Crippen molar-refractivity contribution in [3.05, 3.63) is 150 Å². The first-order chi connectivity index (χ1) is 24.0. The molecule has 2 aliphatic heterocycles. The van der Waals surface area contributed by atoms with Crippen LogP contribution < -0.4 is 14.0 Å². The molecule has 2 bridgehead atoms. The molecule has 0 radical (unpaired) electrons. The first-order valence-corrected chi connectivity index (χ1v) is 18.2. The van der Waals surface area contributed by atoms with Crippen LogP contribution in [0.15, 0.2) is 128 Å². The number of fused-ring (bicyclic) bond motifs is 6. The summed E-state index contributed by atoms with van der Waals surface area (Å²) in [5.41, 5.74) is 16.9. The minimum absolute atomic E-state index is 0.000853. The van der Waals surface area contributed by atoms with E-state index in [1.54, 1.807) is 0 Å². The second-order valence-corrected chi connectivity index (χ2v) is 16.4. The van der Waals surface area contributed by atoms with E-state index in [4.69, 9.17) is 0 Å².